The zero-order valence-corrected chi connectivity index (χ0v) is 47.1. The summed E-state index contributed by atoms with van der Waals surface area (Å²) in [7, 11) is -3.39. The number of rotatable bonds is 14. The van der Waals surface area contributed by atoms with E-state index in [0.717, 1.165) is 114 Å². The number of aromatic amines is 1. The summed E-state index contributed by atoms with van der Waals surface area (Å²) in [6, 6.07) is 7.25. The average Bonchev–Trinajstić information content (AvgIpc) is 4.21. The van der Waals surface area contributed by atoms with Crippen LogP contribution < -0.4 is 10.6 Å². The van der Waals surface area contributed by atoms with Gasteiger partial charge in [-0.15, -0.1) is 10.2 Å². The van der Waals surface area contributed by atoms with E-state index >= 15 is 0 Å². The van der Waals surface area contributed by atoms with Crippen LogP contribution in [0.5, 0.6) is 0 Å². The summed E-state index contributed by atoms with van der Waals surface area (Å²) in [5, 5.41) is 17.4. The maximum atomic E-state index is 13.2. The highest BCUT2D eigenvalue weighted by atomic mass is 35.7. The molecule has 400 valence electrons. The van der Waals surface area contributed by atoms with Crippen LogP contribution in [0.4, 0.5) is 23.3 Å². The number of aryl methyl sites for hydroxylation is 4. The topological polar surface area (TPSA) is 184 Å². The SMILES string of the molecule is C1CCC(N2CCCC2)CC1.C[Si](C)(C)CCOCn1nc(S(=O)(=O)Cl)nc1Nc1c2c(cc3c1CCC3)CCC2.O=S(=O)(c1nc(Nc2c3c(cc4c2CCC4)CCC3)n[nH]1)N1CCC(N2CCCC2)CC1. The fourth-order valence-corrected chi connectivity index (χ4v) is 15.6. The first-order valence-corrected chi connectivity index (χ1v) is 35.4. The molecule has 16 nitrogen and oxygen atoms in total. The van der Waals surface area contributed by atoms with Gasteiger partial charge in [0, 0.05) is 61.9 Å². The van der Waals surface area contributed by atoms with Crippen molar-refractivity contribution in [3.05, 3.63) is 56.6 Å². The van der Waals surface area contributed by atoms with Crippen molar-refractivity contribution in [1.82, 2.24) is 44.1 Å². The van der Waals surface area contributed by atoms with E-state index in [2.05, 4.69) is 77.5 Å². The van der Waals surface area contributed by atoms with Crippen LogP contribution in [0.1, 0.15) is 141 Å². The predicted molar refractivity (Wildman–Crippen MR) is 291 cm³/mol. The molecule has 73 heavy (non-hydrogen) atoms. The molecule has 1 saturated carbocycles. The first-order chi connectivity index (χ1) is 35.2. The highest BCUT2D eigenvalue weighted by Gasteiger charge is 2.35. The van der Waals surface area contributed by atoms with E-state index in [1.54, 1.807) is 4.31 Å². The summed E-state index contributed by atoms with van der Waals surface area (Å²) in [5.41, 5.74) is 13.2. The lowest BCUT2D eigenvalue weighted by Gasteiger charge is -2.35. The Bertz CT molecular complexity index is 2730. The Morgan fingerprint density at radius 1 is 0.630 bits per heavy atom. The minimum absolute atomic E-state index is 0.0520. The average molecular weight is 1080 g/mol. The Morgan fingerprint density at radius 3 is 1.62 bits per heavy atom. The fourth-order valence-electron chi connectivity index (χ4n) is 12.9. The quantitative estimate of drug-likeness (QED) is 0.0617. The zero-order valence-electron chi connectivity index (χ0n) is 43.8. The molecule has 5 aliphatic carbocycles. The Kier molecular flexibility index (Phi) is 16.7. The molecule has 5 heterocycles. The molecule has 4 aromatic rings. The van der Waals surface area contributed by atoms with Crippen LogP contribution in [-0.4, -0.2) is 127 Å². The van der Waals surface area contributed by atoms with Crippen molar-refractivity contribution in [2.24, 2.45) is 0 Å². The number of likely N-dealkylation sites (tertiary alicyclic amines) is 2. The van der Waals surface area contributed by atoms with Crippen molar-refractivity contribution in [3.63, 3.8) is 0 Å². The van der Waals surface area contributed by atoms with Gasteiger partial charge in [0.25, 0.3) is 29.4 Å². The smallest absolute Gasteiger partial charge is 0.298 e. The van der Waals surface area contributed by atoms with Gasteiger partial charge >= 0.3 is 0 Å². The van der Waals surface area contributed by atoms with Gasteiger partial charge in [-0.05, 0) is 205 Å². The highest BCUT2D eigenvalue weighted by molar-refractivity contribution is 8.13. The van der Waals surface area contributed by atoms with E-state index in [-0.39, 0.29) is 11.9 Å². The number of aromatic nitrogens is 6. The zero-order chi connectivity index (χ0) is 50.7. The van der Waals surface area contributed by atoms with Crippen molar-refractivity contribution in [2.75, 3.05) is 56.5 Å². The third-order valence-electron chi connectivity index (χ3n) is 16.9. The molecule has 3 aliphatic heterocycles. The second kappa shape index (κ2) is 23.0. The molecule has 8 aliphatic rings. The van der Waals surface area contributed by atoms with Crippen molar-refractivity contribution in [2.45, 2.75) is 202 Å². The summed E-state index contributed by atoms with van der Waals surface area (Å²) in [6.07, 6.45) is 27.9. The van der Waals surface area contributed by atoms with E-state index in [9.17, 15) is 16.8 Å². The van der Waals surface area contributed by atoms with Gasteiger partial charge < -0.3 is 25.2 Å². The Balaban J connectivity index is 0.000000139. The normalized spacial score (nSPS) is 20.8. The molecule has 4 fully saturated rings. The summed E-state index contributed by atoms with van der Waals surface area (Å²) in [5.74, 6) is 0.710. The summed E-state index contributed by atoms with van der Waals surface area (Å²) >= 11 is 0. The number of benzene rings is 2. The number of anilines is 4. The van der Waals surface area contributed by atoms with Crippen molar-refractivity contribution in [1.29, 1.82) is 0 Å². The largest absolute Gasteiger partial charge is 0.359 e. The maximum Gasteiger partial charge on any atom is 0.298 e. The van der Waals surface area contributed by atoms with Crippen molar-refractivity contribution >= 4 is 61.1 Å². The van der Waals surface area contributed by atoms with Crippen LogP contribution in [0.3, 0.4) is 0 Å². The highest BCUT2D eigenvalue weighted by Crippen LogP contribution is 2.41. The molecule has 12 rings (SSSR count). The molecular weight excluding hydrogens is 998 g/mol. The third kappa shape index (κ3) is 12.6. The standard InChI is InChI=1S/C23H32N6O2S.C20H29ClN4O3SSi.C10H19N/c30-32(31,29-13-9-18(10-14-29)28-11-1-2-12-28)23-25-22(26-27-23)24-21-19-7-3-5-16(19)15-17-6-4-8-20(17)21;1-30(2,3)11-10-28-13-25-19(23-20(24-25)29(21,26)27)22-18-16-8-4-6-14(16)12-15-7-5-9-17(15)18;1-2-6-10(7-3-1)11-8-4-5-9-11/h15,18H,1-14H2,(H2,24,25,26,27);12H,4-11,13H2,1-3H3,(H,22,23,24);10H,1-9H2. The number of halogens is 1. The van der Waals surface area contributed by atoms with Gasteiger partial charge in [-0.25, -0.2) is 26.6 Å². The van der Waals surface area contributed by atoms with Gasteiger partial charge in [-0.3, -0.25) is 0 Å². The molecule has 0 unspecified atom stereocenters. The molecule has 0 bridgehead atoms. The lowest BCUT2D eigenvalue weighted by molar-refractivity contribution is 0.0792. The summed E-state index contributed by atoms with van der Waals surface area (Å²) in [6.45, 7) is 13.8. The van der Waals surface area contributed by atoms with Gasteiger partial charge in [-0.1, -0.05) is 51.0 Å². The van der Waals surface area contributed by atoms with Gasteiger partial charge in [0.15, 0.2) is 0 Å². The lowest BCUT2D eigenvalue weighted by atomic mass is 9.94. The van der Waals surface area contributed by atoms with Gasteiger partial charge in [0.1, 0.15) is 6.73 Å². The van der Waals surface area contributed by atoms with Crippen LogP contribution in [0, 0.1) is 0 Å². The monoisotopic (exact) mass is 1080 g/mol. The number of hydrogen-bond acceptors (Lipinski definition) is 13. The van der Waals surface area contributed by atoms with E-state index in [0.29, 0.717) is 37.6 Å². The lowest BCUT2D eigenvalue weighted by Crippen LogP contribution is -2.46. The predicted octanol–water partition coefficient (Wildman–Crippen LogP) is 9.43. The number of fused-ring (bicyclic) bond motifs is 4. The minimum atomic E-state index is -4.03. The molecule has 0 spiro atoms. The molecular formula is C53H80ClN11O5S2Si. The van der Waals surface area contributed by atoms with Gasteiger partial charge in [0.2, 0.25) is 11.9 Å². The van der Waals surface area contributed by atoms with Crippen LogP contribution in [0.15, 0.2) is 22.4 Å². The summed E-state index contributed by atoms with van der Waals surface area (Å²) in [4.78, 5) is 13.8. The molecule has 3 N–H and O–H groups in total. The Morgan fingerprint density at radius 2 is 1.12 bits per heavy atom. The first-order valence-electron chi connectivity index (χ1n) is 27.9. The molecule has 0 radical (unpaired) electrons. The van der Waals surface area contributed by atoms with E-state index < -0.39 is 32.3 Å². The van der Waals surface area contributed by atoms with Crippen LogP contribution in [0.25, 0.3) is 0 Å². The fraction of sp³-hybridized carbons (Fsp3) is 0.698. The summed E-state index contributed by atoms with van der Waals surface area (Å²) < 4.78 is 59.0. The molecule has 0 atom stereocenters. The van der Waals surface area contributed by atoms with E-state index in [1.807, 2.05) is 0 Å². The Hall–Kier alpha value is -3.43. The van der Waals surface area contributed by atoms with E-state index in [1.165, 1.54) is 133 Å². The number of nitrogens with zero attached hydrogens (tertiary/aromatic N) is 8. The number of ether oxygens (including phenoxy) is 1. The maximum absolute atomic E-state index is 13.2. The van der Waals surface area contributed by atoms with E-state index in [4.69, 9.17) is 15.4 Å². The van der Waals surface area contributed by atoms with Crippen LogP contribution in [0.2, 0.25) is 25.7 Å². The number of piperidine rings is 1. The van der Waals surface area contributed by atoms with Gasteiger partial charge in [0.05, 0.1) is 0 Å². The second-order valence-corrected chi connectivity index (χ2v) is 33.0. The number of nitrogens with one attached hydrogen (secondary N) is 3. The number of sulfonamides is 1. The van der Waals surface area contributed by atoms with Crippen LogP contribution >= 0.6 is 10.7 Å². The number of hydrogen-bond donors (Lipinski definition) is 3. The Labute approximate surface area is 440 Å². The second-order valence-electron chi connectivity index (χ2n) is 23.1. The molecule has 20 heteroatoms. The van der Waals surface area contributed by atoms with Crippen molar-refractivity contribution in [3.8, 4) is 0 Å². The third-order valence-corrected chi connectivity index (χ3v) is 21.3. The molecule has 2 aromatic heterocycles. The van der Waals surface area contributed by atoms with Gasteiger partial charge in [-0.2, -0.15) is 14.3 Å². The molecule has 2 aromatic carbocycles. The van der Waals surface area contributed by atoms with Crippen LogP contribution in [-0.2, 0) is 81.9 Å². The molecule has 0 amide bonds. The number of H-pyrrole nitrogens is 1. The molecule has 3 saturated heterocycles. The first kappa shape index (κ1) is 53.0. The minimum Gasteiger partial charge on any atom is -0.359 e. The van der Waals surface area contributed by atoms with Crippen molar-refractivity contribution < 1.29 is 21.6 Å².